The van der Waals surface area contributed by atoms with E-state index < -0.39 is 0 Å². The van der Waals surface area contributed by atoms with Crippen LogP contribution in [0.2, 0.25) is 0 Å². The lowest BCUT2D eigenvalue weighted by molar-refractivity contribution is 0.317. The topological polar surface area (TPSA) is 46.2 Å². The highest BCUT2D eigenvalue weighted by molar-refractivity contribution is 5.85. The summed E-state index contributed by atoms with van der Waals surface area (Å²) in [6, 6.07) is 5.56. The Morgan fingerprint density at radius 1 is 1.27 bits per heavy atom. The van der Waals surface area contributed by atoms with Crippen molar-refractivity contribution in [3.63, 3.8) is 0 Å². The van der Waals surface area contributed by atoms with Gasteiger partial charge in [-0.25, -0.2) is 0 Å². The molecule has 0 aliphatic rings. The van der Waals surface area contributed by atoms with E-state index in [-0.39, 0.29) is 23.9 Å². The number of benzene rings is 1. The van der Waals surface area contributed by atoms with Gasteiger partial charge in [-0.2, -0.15) is 0 Å². The van der Waals surface area contributed by atoms with Crippen LogP contribution in [0.25, 0.3) is 0 Å². The van der Waals surface area contributed by atoms with Crippen LogP contribution in [-0.4, -0.2) is 5.11 Å². The lowest BCUT2D eigenvalue weighted by Crippen LogP contribution is -2.26. The summed E-state index contributed by atoms with van der Waals surface area (Å²) in [5.41, 5.74) is 7.75. The second-order valence-corrected chi connectivity index (χ2v) is 4.86. The summed E-state index contributed by atoms with van der Waals surface area (Å²) in [7, 11) is 0. The molecule has 0 unspecified atom stereocenters. The highest BCUT2D eigenvalue weighted by Gasteiger charge is 2.24. The molecule has 0 spiro atoms. The molecule has 0 fully saturated rings. The number of phenolic OH excluding ortho intramolecular Hbond substituents is 1. The smallest absolute Gasteiger partial charge is 0.123 e. The van der Waals surface area contributed by atoms with Crippen LogP contribution < -0.4 is 5.73 Å². The standard InChI is InChI=1S/C12H19NO.ClH/c1-8-6-5-7-9(10(8)14)11(13)12(2,3)4;/h5-7,11,14H,13H2,1-4H3;1H/t11-;/m1./s1. The monoisotopic (exact) mass is 229 g/mol. The SMILES string of the molecule is Cc1cccc([C@@H](N)C(C)(C)C)c1O.Cl. The van der Waals surface area contributed by atoms with Crippen LogP contribution in [0.15, 0.2) is 18.2 Å². The fourth-order valence-corrected chi connectivity index (χ4v) is 1.40. The van der Waals surface area contributed by atoms with Crippen LogP contribution >= 0.6 is 12.4 Å². The Morgan fingerprint density at radius 2 is 1.80 bits per heavy atom. The van der Waals surface area contributed by atoms with E-state index in [1.54, 1.807) is 0 Å². The zero-order valence-electron chi connectivity index (χ0n) is 9.74. The van der Waals surface area contributed by atoms with E-state index in [1.807, 2.05) is 25.1 Å². The van der Waals surface area contributed by atoms with Gasteiger partial charge in [0.15, 0.2) is 0 Å². The number of nitrogens with two attached hydrogens (primary N) is 1. The molecule has 0 aliphatic carbocycles. The van der Waals surface area contributed by atoms with E-state index in [0.717, 1.165) is 11.1 Å². The molecule has 0 saturated carbocycles. The molecule has 1 aromatic rings. The van der Waals surface area contributed by atoms with Crippen molar-refractivity contribution in [2.75, 3.05) is 0 Å². The zero-order valence-corrected chi connectivity index (χ0v) is 10.6. The third kappa shape index (κ3) is 3.11. The molecule has 0 heterocycles. The van der Waals surface area contributed by atoms with Gasteiger partial charge in [0.25, 0.3) is 0 Å². The molecule has 2 nitrogen and oxygen atoms in total. The predicted octanol–water partition coefficient (Wildman–Crippen LogP) is 3.17. The number of halogens is 1. The maximum absolute atomic E-state index is 9.85. The van der Waals surface area contributed by atoms with Gasteiger partial charge in [0.1, 0.15) is 5.75 Å². The number of aryl methyl sites for hydroxylation is 1. The Balaban J connectivity index is 0.00000196. The van der Waals surface area contributed by atoms with Crippen LogP contribution in [0, 0.1) is 12.3 Å². The number of phenols is 1. The molecule has 0 amide bonds. The zero-order chi connectivity index (χ0) is 10.9. The molecule has 1 atom stereocenters. The average Bonchev–Trinajstić information content (AvgIpc) is 2.07. The minimum absolute atomic E-state index is 0. The Labute approximate surface area is 97.9 Å². The van der Waals surface area contributed by atoms with Gasteiger partial charge in [-0.15, -0.1) is 12.4 Å². The summed E-state index contributed by atoms with van der Waals surface area (Å²) in [4.78, 5) is 0. The average molecular weight is 230 g/mol. The minimum Gasteiger partial charge on any atom is -0.507 e. The van der Waals surface area contributed by atoms with E-state index in [9.17, 15) is 5.11 Å². The van der Waals surface area contributed by atoms with Gasteiger partial charge < -0.3 is 10.8 Å². The van der Waals surface area contributed by atoms with Crippen LogP contribution in [0.3, 0.4) is 0 Å². The van der Waals surface area contributed by atoms with E-state index >= 15 is 0 Å². The first kappa shape index (κ1) is 14.3. The maximum atomic E-state index is 9.85. The van der Waals surface area contributed by atoms with Crippen LogP contribution in [0.1, 0.15) is 37.9 Å². The first-order valence-corrected chi connectivity index (χ1v) is 4.88. The maximum Gasteiger partial charge on any atom is 0.123 e. The van der Waals surface area contributed by atoms with Gasteiger partial charge in [0, 0.05) is 11.6 Å². The molecular weight excluding hydrogens is 210 g/mol. The van der Waals surface area contributed by atoms with E-state index in [4.69, 9.17) is 5.73 Å². The van der Waals surface area contributed by atoms with Gasteiger partial charge >= 0.3 is 0 Å². The van der Waals surface area contributed by atoms with Crippen LogP contribution in [0.5, 0.6) is 5.75 Å². The first-order chi connectivity index (χ1) is 6.34. The normalized spacial score (nSPS) is 13.1. The molecule has 1 aromatic carbocycles. The fourth-order valence-electron chi connectivity index (χ4n) is 1.40. The van der Waals surface area contributed by atoms with Gasteiger partial charge in [-0.3, -0.25) is 0 Å². The molecule has 3 heteroatoms. The van der Waals surface area contributed by atoms with Crippen molar-refractivity contribution in [2.45, 2.75) is 33.7 Å². The quantitative estimate of drug-likeness (QED) is 0.777. The summed E-state index contributed by atoms with van der Waals surface area (Å²) in [5, 5.41) is 9.85. The molecular formula is C12H20ClNO. The Kier molecular flexibility index (Phi) is 4.63. The molecule has 15 heavy (non-hydrogen) atoms. The number of aromatic hydroxyl groups is 1. The van der Waals surface area contributed by atoms with E-state index in [0.29, 0.717) is 5.75 Å². The molecule has 1 rings (SSSR count). The summed E-state index contributed by atoms with van der Waals surface area (Å²) < 4.78 is 0. The summed E-state index contributed by atoms with van der Waals surface area (Å²) in [5.74, 6) is 0.329. The molecule has 86 valence electrons. The summed E-state index contributed by atoms with van der Waals surface area (Å²) >= 11 is 0. The number of para-hydroxylation sites is 1. The molecule has 0 bridgehead atoms. The van der Waals surface area contributed by atoms with Crippen LogP contribution in [-0.2, 0) is 0 Å². The Morgan fingerprint density at radius 3 is 2.27 bits per heavy atom. The van der Waals surface area contributed by atoms with Crippen molar-refractivity contribution < 1.29 is 5.11 Å². The van der Waals surface area contributed by atoms with Gasteiger partial charge in [0.05, 0.1) is 0 Å². The van der Waals surface area contributed by atoms with Crippen molar-refractivity contribution >= 4 is 12.4 Å². The highest BCUT2D eigenvalue weighted by Crippen LogP contribution is 2.36. The second-order valence-electron chi connectivity index (χ2n) is 4.86. The second kappa shape index (κ2) is 4.86. The van der Waals surface area contributed by atoms with Crippen LogP contribution in [0.4, 0.5) is 0 Å². The highest BCUT2D eigenvalue weighted by atomic mass is 35.5. The lowest BCUT2D eigenvalue weighted by Gasteiger charge is -2.28. The Bertz CT molecular complexity index is 331. The number of hydrogen-bond donors (Lipinski definition) is 2. The fraction of sp³-hybridized carbons (Fsp3) is 0.500. The van der Waals surface area contributed by atoms with Crippen molar-refractivity contribution in [3.05, 3.63) is 29.3 Å². The molecule has 0 aliphatic heterocycles. The molecule has 0 radical (unpaired) electrons. The largest absolute Gasteiger partial charge is 0.507 e. The first-order valence-electron chi connectivity index (χ1n) is 4.88. The number of hydrogen-bond acceptors (Lipinski definition) is 2. The van der Waals surface area contributed by atoms with Gasteiger partial charge in [-0.05, 0) is 17.9 Å². The van der Waals surface area contributed by atoms with Gasteiger partial charge in [0.2, 0.25) is 0 Å². The lowest BCUT2D eigenvalue weighted by atomic mass is 9.82. The Hall–Kier alpha value is -0.730. The third-order valence-corrected chi connectivity index (χ3v) is 2.54. The molecule has 0 saturated heterocycles. The minimum atomic E-state index is -0.137. The van der Waals surface area contributed by atoms with Crippen molar-refractivity contribution in [1.82, 2.24) is 0 Å². The number of rotatable bonds is 1. The molecule has 0 aromatic heterocycles. The molecule has 3 N–H and O–H groups in total. The third-order valence-electron chi connectivity index (χ3n) is 2.54. The van der Waals surface area contributed by atoms with Crippen molar-refractivity contribution in [3.8, 4) is 5.75 Å². The summed E-state index contributed by atoms with van der Waals surface area (Å²) in [6.45, 7) is 8.09. The van der Waals surface area contributed by atoms with Gasteiger partial charge in [-0.1, -0.05) is 39.0 Å². The van der Waals surface area contributed by atoms with E-state index in [2.05, 4.69) is 20.8 Å². The van der Waals surface area contributed by atoms with Crippen molar-refractivity contribution in [1.29, 1.82) is 0 Å². The van der Waals surface area contributed by atoms with Crippen molar-refractivity contribution in [2.24, 2.45) is 11.1 Å². The van der Waals surface area contributed by atoms with E-state index in [1.165, 1.54) is 0 Å². The summed E-state index contributed by atoms with van der Waals surface area (Å²) in [6.07, 6.45) is 0. The predicted molar refractivity (Wildman–Crippen MR) is 66.5 cm³/mol.